The molecule has 0 aromatic heterocycles. The summed E-state index contributed by atoms with van der Waals surface area (Å²) in [6, 6.07) is 25.9. The number of carbonyl (C=O) groups excluding carboxylic acids is 1. The Bertz CT molecular complexity index is 788. The summed E-state index contributed by atoms with van der Waals surface area (Å²) in [6.45, 7) is 0. The molecule has 0 aliphatic carbocycles. The van der Waals surface area contributed by atoms with E-state index in [9.17, 15) is 4.79 Å². The maximum Gasteiger partial charge on any atom is 0.163 e. The minimum atomic E-state index is 0.172. The SMILES string of the molecule is COc1ccc(CCC(=O)c2ccc(-c3ccccc3)cc2)cc1. The number of hydrogen-bond acceptors (Lipinski definition) is 2. The van der Waals surface area contributed by atoms with Crippen LogP contribution < -0.4 is 4.74 Å². The van der Waals surface area contributed by atoms with Crippen LogP contribution in [-0.4, -0.2) is 12.9 Å². The number of ketones is 1. The molecule has 3 aromatic rings. The molecule has 0 saturated heterocycles. The molecule has 120 valence electrons. The number of ether oxygens (including phenoxy) is 1. The zero-order valence-electron chi connectivity index (χ0n) is 13.7. The highest BCUT2D eigenvalue weighted by Gasteiger charge is 2.07. The summed E-state index contributed by atoms with van der Waals surface area (Å²) in [5.74, 6) is 1.01. The molecule has 0 atom stereocenters. The topological polar surface area (TPSA) is 26.3 Å². The highest BCUT2D eigenvalue weighted by Crippen LogP contribution is 2.20. The van der Waals surface area contributed by atoms with Gasteiger partial charge >= 0.3 is 0 Å². The van der Waals surface area contributed by atoms with Crippen LogP contribution in [0.5, 0.6) is 5.75 Å². The van der Waals surface area contributed by atoms with Crippen LogP contribution in [0.3, 0.4) is 0 Å². The molecular formula is C22H20O2. The first kappa shape index (κ1) is 16.0. The molecule has 3 aromatic carbocycles. The molecule has 24 heavy (non-hydrogen) atoms. The summed E-state index contributed by atoms with van der Waals surface area (Å²) in [6.07, 6.45) is 1.25. The van der Waals surface area contributed by atoms with Gasteiger partial charge in [-0.3, -0.25) is 4.79 Å². The Kier molecular flexibility index (Phi) is 5.07. The van der Waals surface area contributed by atoms with Crippen molar-refractivity contribution in [2.75, 3.05) is 7.11 Å². The largest absolute Gasteiger partial charge is 0.497 e. The second kappa shape index (κ2) is 7.60. The second-order valence-corrected chi connectivity index (χ2v) is 5.71. The van der Waals surface area contributed by atoms with Gasteiger partial charge in [0, 0.05) is 12.0 Å². The van der Waals surface area contributed by atoms with Crippen molar-refractivity contribution in [3.05, 3.63) is 90.0 Å². The predicted molar refractivity (Wildman–Crippen MR) is 97.5 cm³/mol. The molecular weight excluding hydrogens is 296 g/mol. The van der Waals surface area contributed by atoms with E-state index in [4.69, 9.17) is 4.74 Å². The third-order valence-electron chi connectivity index (χ3n) is 4.11. The lowest BCUT2D eigenvalue weighted by Crippen LogP contribution is -2.01. The summed E-state index contributed by atoms with van der Waals surface area (Å²) in [7, 11) is 1.65. The minimum Gasteiger partial charge on any atom is -0.497 e. The Morgan fingerprint density at radius 2 is 1.42 bits per heavy atom. The van der Waals surface area contributed by atoms with Gasteiger partial charge in [-0.15, -0.1) is 0 Å². The first-order valence-corrected chi connectivity index (χ1v) is 8.08. The molecule has 0 bridgehead atoms. The molecule has 2 nitrogen and oxygen atoms in total. The predicted octanol–water partition coefficient (Wildman–Crippen LogP) is 5.18. The lowest BCUT2D eigenvalue weighted by Gasteiger charge is -2.05. The van der Waals surface area contributed by atoms with Crippen molar-refractivity contribution in [2.24, 2.45) is 0 Å². The molecule has 0 fully saturated rings. The van der Waals surface area contributed by atoms with Crippen LogP contribution in [0.4, 0.5) is 0 Å². The maximum absolute atomic E-state index is 12.4. The molecule has 0 N–H and O–H groups in total. The summed E-state index contributed by atoms with van der Waals surface area (Å²) in [5, 5.41) is 0. The Labute approximate surface area is 142 Å². The van der Waals surface area contributed by atoms with Crippen molar-refractivity contribution in [3.63, 3.8) is 0 Å². The summed E-state index contributed by atoms with van der Waals surface area (Å²) in [4.78, 5) is 12.4. The molecule has 0 unspecified atom stereocenters. The number of aryl methyl sites for hydroxylation is 1. The molecule has 0 aliphatic rings. The molecule has 0 amide bonds. The number of hydrogen-bond donors (Lipinski definition) is 0. The molecule has 0 spiro atoms. The number of rotatable bonds is 6. The molecule has 0 heterocycles. The summed E-state index contributed by atoms with van der Waals surface area (Å²) < 4.78 is 5.14. The van der Waals surface area contributed by atoms with E-state index < -0.39 is 0 Å². The van der Waals surface area contributed by atoms with Crippen molar-refractivity contribution in [3.8, 4) is 16.9 Å². The van der Waals surface area contributed by atoms with E-state index in [-0.39, 0.29) is 5.78 Å². The number of methoxy groups -OCH3 is 1. The van der Waals surface area contributed by atoms with Gasteiger partial charge in [0.05, 0.1) is 7.11 Å². The van der Waals surface area contributed by atoms with Crippen LogP contribution in [-0.2, 0) is 6.42 Å². The summed E-state index contributed by atoms with van der Waals surface area (Å²) >= 11 is 0. The van der Waals surface area contributed by atoms with Crippen molar-refractivity contribution in [1.82, 2.24) is 0 Å². The van der Waals surface area contributed by atoms with Gasteiger partial charge in [0.1, 0.15) is 5.75 Å². The molecule has 2 heteroatoms. The van der Waals surface area contributed by atoms with Crippen LogP contribution in [0.15, 0.2) is 78.9 Å². The van der Waals surface area contributed by atoms with Crippen molar-refractivity contribution in [1.29, 1.82) is 0 Å². The van der Waals surface area contributed by atoms with Crippen molar-refractivity contribution < 1.29 is 9.53 Å². The van der Waals surface area contributed by atoms with E-state index in [1.807, 2.05) is 66.7 Å². The van der Waals surface area contributed by atoms with Crippen LogP contribution >= 0.6 is 0 Å². The maximum atomic E-state index is 12.4. The number of Topliss-reactive ketones (excluding diaryl/α,β-unsaturated/α-hetero) is 1. The Morgan fingerprint density at radius 3 is 2.04 bits per heavy atom. The fraction of sp³-hybridized carbons (Fsp3) is 0.136. The molecule has 0 aliphatic heterocycles. The first-order chi connectivity index (χ1) is 11.8. The standard InChI is InChI=1S/C22H20O2/c1-24-21-14-7-17(8-15-21)9-16-22(23)20-12-10-19(11-13-20)18-5-3-2-4-6-18/h2-8,10-15H,9,16H2,1H3. The Morgan fingerprint density at radius 1 is 0.792 bits per heavy atom. The highest BCUT2D eigenvalue weighted by molar-refractivity contribution is 5.96. The minimum absolute atomic E-state index is 0.172. The van der Waals surface area contributed by atoms with E-state index in [0.29, 0.717) is 6.42 Å². The lowest BCUT2D eigenvalue weighted by atomic mass is 9.99. The monoisotopic (exact) mass is 316 g/mol. The van der Waals surface area contributed by atoms with Gasteiger partial charge in [0.15, 0.2) is 5.78 Å². The smallest absolute Gasteiger partial charge is 0.163 e. The number of benzene rings is 3. The molecule has 3 rings (SSSR count). The highest BCUT2D eigenvalue weighted by atomic mass is 16.5. The normalized spacial score (nSPS) is 10.4. The zero-order chi connectivity index (χ0) is 16.8. The van der Waals surface area contributed by atoms with Crippen LogP contribution in [0, 0.1) is 0 Å². The van der Waals surface area contributed by atoms with Gasteiger partial charge in [-0.1, -0.05) is 66.7 Å². The molecule has 0 radical (unpaired) electrons. The van der Waals surface area contributed by atoms with E-state index in [0.717, 1.165) is 34.4 Å². The van der Waals surface area contributed by atoms with E-state index >= 15 is 0 Å². The fourth-order valence-electron chi connectivity index (χ4n) is 2.67. The van der Waals surface area contributed by atoms with Crippen molar-refractivity contribution in [2.45, 2.75) is 12.8 Å². The van der Waals surface area contributed by atoms with Gasteiger partial charge in [-0.05, 0) is 35.2 Å². The zero-order valence-corrected chi connectivity index (χ0v) is 13.7. The molecule has 0 saturated carbocycles. The first-order valence-electron chi connectivity index (χ1n) is 8.08. The van der Waals surface area contributed by atoms with Gasteiger partial charge < -0.3 is 4.74 Å². The number of carbonyl (C=O) groups is 1. The third kappa shape index (κ3) is 3.90. The Hall–Kier alpha value is -2.87. The van der Waals surface area contributed by atoms with Crippen LogP contribution in [0.1, 0.15) is 22.3 Å². The average Bonchev–Trinajstić information content (AvgIpc) is 2.67. The lowest BCUT2D eigenvalue weighted by molar-refractivity contribution is 0.0983. The summed E-state index contributed by atoms with van der Waals surface area (Å²) in [5.41, 5.74) is 4.20. The quantitative estimate of drug-likeness (QED) is 0.586. The fourth-order valence-corrected chi connectivity index (χ4v) is 2.67. The third-order valence-corrected chi connectivity index (χ3v) is 4.11. The van der Waals surface area contributed by atoms with Gasteiger partial charge in [0.2, 0.25) is 0 Å². The van der Waals surface area contributed by atoms with E-state index in [1.54, 1.807) is 7.11 Å². The van der Waals surface area contributed by atoms with E-state index in [2.05, 4.69) is 12.1 Å². The van der Waals surface area contributed by atoms with Crippen LogP contribution in [0.25, 0.3) is 11.1 Å². The average molecular weight is 316 g/mol. The van der Waals surface area contributed by atoms with Crippen molar-refractivity contribution >= 4 is 5.78 Å². The van der Waals surface area contributed by atoms with Gasteiger partial charge in [-0.2, -0.15) is 0 Å². The van der Waals surface area contributed by atoms with Crippen LogP contribution in [0.2, 0.25) is 0 Å². The second-order valence-electron chi connectivity index (χ2n) is 5.71. The van der Waals surface area contributed by atoms with Gasteiger partial charge in [0.25, 0.3) is 0 Å². The van der Waals surface area contributed by atoms with E-state index in [1.165, 1.54) is 0 Å². The van der Waals surface area contributed by atoms with Gasteiger partial charge in [-0.25, -0.2) is 0 Å². The Balaban J connectivity index is 1.62.